The zero-order chi connectivity index (χ0) is 27.0. The van der Waals surface area contributed by atoms with Crippen LogP contribution in [0.4, 0.5) is 0 Å². The first kappa shape index (κ1) is 29.0. The van der Waals surface area contributed by atoms with Crippen molar-refractivity contribution in [2.75, 3.05) is 12.8 Å². The normalized spacial score (nSPS) is 30.1. The zero-order valence-corrected chi connectivity index (χ0v) is 28.6. The SMILES string of the molecule is CC=CC=CC1C=CC2c3ccccc3[CH]([Zr][CH]3c4ccccc4C4C=CCCC43)C2C1.CCCCOC[SiH3]. The van der Waals surface area contributed by atoms with Crippen LogP contribution in [0.25, 0.3) is 0 Å². The monoisotopic (exact) mass is 612 g/mol. The first-order valence-corrected chi connectivity index (χ1v) is 19.7. The fraction of sp³-hybridized carbons (Fsp3) is 0.444. The summed E-state index contributed by atoms with van der Waals surface area (Å²) < 4.78 is 6.84. The van der Waals surface area contributed by atoms with Crippen molar-refractivity contribution in [2.24, 2.45) is 17.8 Å². The molecule has 6 rings (SSSR count). The molecule has 0 saturated heterocycles. The minimum absolute atomic E-state index is 0.588. The zero-order valence-electron chi connectivity index (χ0n) is 24.1. The van der Waals surface area contributed by atoms with Crippen LogP contribution in [0.3, 0.4) is 0 Å². The fourth-order valence-corrected chi connectivity index (χ4v) is 13.7. The van der Waals surface area contributed by atoms with E-state index >= 15 is 0 Å². The molecule has 4 aliphatic rings. The van der Waals surface area contributed by atoms with Crippen LogP contribution in [0.2, 0.25) is 0 Å². The van der Waals surface area contributed by atoms with E-state index in [9.17, 15) is 0 Å². The van der Waals surface area contributed by atoms with Crippen molar-refractivity contribution < 1.29 is 28.0 Å². The number of unbranched alkanes of at least 4 members (excludes halogenated alkanes) is 1. The molecule has 204 valence electrons. The summed E-state index contributed by atoms with van der Waals surface area (Å²) in [6, 6.07) is 18.9. The van der Waals surface area contributed by atoms with Gasteiger partial charge in [-0.2, -0.15) is 0 Å². The van der Waals surface area contributed by atoms with Gasteiger partial charge in [0.25, 0.3) is 0 Å². The summed E-state index contributed by atoms with van der Waals surface area (Å²) in [6.45, 7) is 5.25. The number of benzene rings is 2. The van der Waals surface area contributed by atoms with Crippen LogP contribution in [-0.2, 0) is 28.0 Å². The number of rotatable bonds is 8. The minimum Gasteiger partial charge on any atom is -0.386 e. The molecule has 0 radical (unpaired) electrons. The van der Waals surface area contributed by atoms with Crippen molar-refractivity contribution in [1.82, 2.24) is 0 Å². The average molecular weight is 614 g/mol. The molecule has 39 heavy (non-hydrogen) atoms. The Balaban J connectivity index is 0.000000392. The Kier molecular flexibility index (Phi) is 10.7. The van der Waals surface area contributed by atoms with Crippen LogP contribution in [0.5, 0.6) is 0 Å². The van der Waals surface area contributed by atoms with Gasteiger partial charge in [-0.1, -0.05) is 13.3 Å². The van der Waals surface area contributed by atoms with Crippen molar-refractivity contribution in [3.63, 3.8) is 0 Å². The maximum atomic E-state index is 5.14. The number of fused-ring (bicyclic) bond motifs is 6. The first-order chi connectivity index (χ1) is 19.3. The molecule has 0 spiro atoms. The molecule has 1 nitrogen and oxygen atoms in total. The third kappa shape index (κ3) is 6.52. The van der Waals surface area contributed by atoms with Crippen LogP contribution in [0, 0.1) is 17.8 Å². The largest absolute Gasteiger partial charge is 0.386 e. The number of hydrogen-bond acceptors (Lipinski definition) is 1. The van der Waals surface area contributed by atoms with Crippen LogP contribution >= 0.6 is 0 Å². The molecule has 7 atom stereocenters. The smallest absolute Gasteiger partial charge is 0.0461 e. The summed E-state index contributed by atoms with van der Waals surface area (Å²) in [6.07, 6.45) is 26.5. The van der Waals surface area contributed by atoms with Crippen LogP contribution in [0.15, 0.2) is 97.1 Å². The van der Waals surface area contributed by atoms with Gasteiger partial charge in [-0.25, -0.2) is 0 Å². The van der Waals surface area contributed by atoms with Crippen molar-refractivity contribution in [3.05, 3.63) is 119 Å². The van der Waals surface area contributed by atoms with E-state index in [2.05, 4.69) is 111 Å². The van der Waals surface area contributed by atoms with Gasteiger partial charge in [-0.15, -0.1) is 0 Å². The third-order valence-corrected chi connectivity index (χ3v) is 15.0. The molecule has 0 amide bonds. The Bertz CT molecular complexity index is 1190. The molecule has 0 fully saturated rings. The second-order valence-electron chi connectivity index (χ2n) is 11.5. The molecular weight excluding hydrogens is 568 g/mol. The fourth-order valence-electron chi connectivity index (χ4n) is 7.31. The Morgan fingerprint density at radius 3 is 2.21 bits per heavy atom. The Labute approximate surface area is 251 Å². The third-order valence-electron chi connectivity index (χ3n) is 9.15. The van der Waals surface area contributed by atoms with E-state index in [1.54, 1.807) is 22.3 Å². The summed E-state index contributed by atoms with van der Waals surface area (Å²) >= 11 is -0.705. The predicted octanol–water partition coefficient (Wildman–Crippen LogP) is 8.16. The molecule has 4 aliphatic carbocycles. The van der Waals surface area contributed by atoms with Gasteiger partial charge >= 0.3 is 206 Å². The van der Waals surface area contributed by atoms with E-state index in [-0.39, 0.29) is 0 Å². The van der Waals surface area contributed by atoms with Gasteiger partial charge in [0.2, 0.25) is 0 Å². The summed E-state index contributed by atoms with van der Waals surface area (Å²) in [4.78, 5) is 0. The minimum atomic E-state index is -0.705. The molecule has 0 aliphatic heterocycles. The van der Waals surface area contributed by atoms with E-state index in [4.69, 9.17) is 4.74 Å². The van der Waals surface area contributed by atoms with Crippen molar-refractivity contribution in [2.45, 2.75) is 65.0 Å². The van der Waals surface area contributed by atoms with Gasteiger partial charge in [0.05, 0.1) is 0 Å². The van der Waals surface area contributed by atoms with Crippen LogP contribution in [0.1, 0.15) is 87.3 Å². The molecular formula is C36H46OSiZr. The molecule has 2 aromatic rings. The van der Waals surface area contributed by atoms with Gasteiger partial charge in [0.1, 0.15) is 0 Å². The maximum Gasteiger partial charge on any atom is 0.0461 e. The van der Waals surface area contributed by atoms with Gasteiger partial charge in [0.15, 0.2) is 0 Å². The van der Waals surface area contributed by atoms with Crippen LogP contribution < -0.4 is 0 Å². The maximum absolute atomic E-state index is 5.14. The molecule has 0 N–H and O–H groups in total. The van der Waals surface area contributed by atoms with Gasteiger partial charge in [0, 0.05) is 23.1 Å². The Morgan fingerprint density at radius 2 is 1.54 bits per heavy atom. The standard InChI is InChI=1S/C18H19.C13H13.C5H14OSi.Zr/c1-2-3-4-7-14-10-11-18-16(12-14)13-15-8-5-6-9-17(15)18;1-3-7-12-10(5-1)9-11-6-2-4-8-13(11)12;1-2-3-4-6-5-7;/h2-11,13-14,16,18H,12H2,1H3;1,3-5,7-9,11,13H,2,6H2;2-5H2,1,7H3;. The summed E-state index contributed by atoms with van der Waals surface area (Å²) in [5, 5.41) is 0. The van der Waals surface area contributed by atoms with Crippen molar-refractivity contribution in [1.29, 1.82) is 0 Å². The molecule has 3 heteroatoms. The quantitative estimate of drug-likeness (QED) is 0.126. The molecule has 0 heterocycles. The topological polar surface area (TPSA) is 9.23 Å². The van der Waals surface area contributed by atoms with E-state index in [1.807, 2.05) is 0 Å². The molecule has 2 aromatic carbocycles. The summed E-state index contributed by atoms with van der Waals surface area (Å²) in [5.74, 6) is 3.57. The van der Waals surface area contributed by atoms with E-state index in [1.165, 1.54) is 42.3 Å². The number of ether oxygens (including phenoxy) is 1. The van der Waals surface area contributed by atoms with Gasteiger partial charge in [-0.3, -0.25) is 0 Å². The summed E-state index contributed by atoms with van der Waals surface area (Å²) in [5.41, 5.74) is 6.72. The molecule has 0 saturated carbocycles. The second kappa shape index (κ2) is 14.4. The van der Waals surface area contributed by atoms with E-state index < -0.39 is 23.2 Å². The average Bonchev–Trinajstić information content (AvgIpc) is 3.47. The van der Waals surface area contributed by atoms with E-state index in [0.717, 1.165) is 31.9 Å². The van der Waals surface area contributed by atoms with Crippen molar-refractivity contribution >= 4 is 10.2 Å². The molecule has 0 bridgehead atoms. The number of allylic oxidation sites excluding steroid dienone is 8. The second-order valence-corrected chi connectivity index (χ2v) is 16.0. The summed E-state index contributed by atoms with van der Waals surface area (Å²) in [7, 11) is 1.18. The Hall–Kier alpha value is -1.54. The van der Waals surface area contributed by atoms with Crippen LogP contribution in [-0.4, -0.2) is 23.1 Å². The van der Waals surface area contributed by atoms with E-state index in [0.29, 0.717) is 17.8 Å². The predicted molar refractivity (Wildman–Crippen MR) is 166 cm³/mol. The Morgan fingerprint density at radius 1 is 0.872 bits per heavy atom. The molecule has 7 unspecified atom stereocenters. The van der Waals surface area contributed by atoms with Gasteiger partial charge in [-0.05, 0) is 6.42 Å². The molecule has 0 aromatic heterocycles. The van der Waals surface area contributed by atoms with Gasteiger partial charge < -0.3 is 4.74 Å². The number of hydrogen-bond donors (Lipinski definition) is 0. The van der Waals surface area contributed by atoms with Crippen molar-refractivity contribution in [3.8, 4) is 0 Å². The first-order valence-electron chi connectivity index (χ1n) is 15.4.